The zero-order valence-electron chi connectivity index (χ0n) is 23.4. The van der Waals surface area contributed by atoms with E-state index in [-0.39, 0.29) is 41.9 Å². The first-order chi connectivity index (χ1) is 17.2. The Morgan fingerprint density at radius 3 is 2.59 bits per heavy atom. The van der Waals surface area contributed by atoms with Crippen molar-refractivity contribution < 1.29 is 19.1 Å². The summed E-state index contributed by atoms with van der Waals surface area (Å²) in [6, 6.07) is 5.83. The molecule has 2 N–H and O–H groups in total. The number of H-pyrrole nitrogens is 1. The number of rotatable bonds is 7. The number of nitrogens with one attached hydrogen (secondary N) is 2. The van der Waals surface area contributed by atoms with Gasteiger partial charge in [-0.1, -0.05) is 39.5 Å². The molecule has 1 fully saturated rings. The lowest BCUT2D eigenvalue weighted by atomic mass is 9.87. The molecule has 9 nitrogen and oxygen atoms in total. The number of ether oxygens (including phenoxy) is 2. The third-order valence-electron chi connectivity index (χ3n) is 6.91. The van der Waals surface area contributed by atoms with Gasteiger partial charge in [-0.25, -0.2) is 9.59 Å². The van der Waals surface area contributed by atoms with Crippen molar-refractivity contribution in [2.45, 2.75) is 92.1 Å². The minimum absolute atomic E-state index is 0.0367. The maximum absolute atomic E-state index is 12.9. The Balaban J connectivity index is 1.83. The Morgan fingerprint density at radius 2 is 1.97 bits per heavy atom. The third-order valence-corrected chi connectivity index (χ3v) is 6.91. The lowest BCUT2D eigenvalue weighted by molar-refractivity contribution is 0.0214. The number of hydrogen-bond acceptors (Lipinski definition) is 5. The molecule has 1 unspecified atom stereocenters. The van der Waals surface area contributed by atoms with E-state index in [9.17, 15) is 9.59 Å². The van der Waals surface area contributed by atoms with Gasteiger partial charge in [0.25, 0.3) is 0 Å². The highest BCUT2D eigenvalue weighted by Gasteiger charge is 2.33. The van der Waals surface area contributed by atoms with Gasteiger partial charge < -0.3 is 28.8 Å². The van der Waals surface area contributed by atoms with Crippen LogP contribution in [-0.2, 0) is 22.6 Å². The topological polar surface area (TPSA) is 104 Å². The van der Waals surface area contributed by atoms with Crippen LogP contribution in [0.25, 0.3) is 11.0 Å². The molecule has 0 spiro atoms. The zero-order valence-corrected chi connectivity index (χ0v) is 23.4. The van der Waals surface area contributed by atoms with Gasteiger partial charge in [0.2, 0.25) is 0 Å². The molecular formula is C28H43N5O4. The average Bonchev–Trinajstić information content (AvgIpc) is 3.38. The molecule has 9 heteroatoms. The van der Waals surface area contributed by atoms with Gasteiger partial charge in [0.1, 0.15) is 12.2 Å². The maximum atomic E-state index is 12.9. The number of fused-ring (bicyclic) bond motifs is 1. The number of aromatic nitrogens is 2. The minimum Gasteiger partial charge on any atom is -0.445 e. The summed E-state index contributed by atoms with van der Waals surface area (Å²) in [5.74, 6) is 0. The highest BCUT2D eigenvalue weighted by atomic mass is 16.6. The molecule has 1 saturated heterocycles. The van der Waals surface area contributed by atoms with Gasteiger partial charge in [0, 0.05) is 25.7 Å². The SMILES string of the molecule is C=CCOC(=O)N(Cc1ccc2c(c1)[nH]c(=N)n2CC1CCCN1C(=O)OC(C)(C)C)[C@@H](C)C(C)(C)C. The van der Waals surface area contributed by atoms with Gasteiger partial charge >= 0.3 is 12.2 Å². The summed E-state index contributed by atoms with van der Waals surface area (Å²) in [7, 11) is 0. The van der Waals surface area contributed by atoms with Crippen LogP contribution in [0.4, 0.5) is 9.59 Å². The number of benzene rings is 1. The van der Waals surface area contributed by atoms with E-state index in [0.717, 1.165) is 29.4 Å². The number of likely N-dealkylation sites (tertiary alicyclic amines) is 1. The Kier molecular flexibility index (Phi) is 8.45. The van der Waals surface area contributed by atoms with Gasteiger partial charge in [0.15, 0.2) is 5.62 Å². The Bertz CT molecular complexity index is 1180. The molecule has 204 valence electrons. The fourth-order valence-corrected chi connectivity index (χ4v) is 4.56. The number of hydrogen-bond donors (Lipinski definition) is 2. The average molecular weight is 514 g/mol. The smallest absolute Gasteiger partial charge is 0.410 e. The van der Waals surface area contributed by atoms with Crippen molar-refractivity contribution in [1.29, 1.82) is 5.41 Å². The van der Waals surface area contributed by atoms with Gasteiger partial charge in [-0.3, -0.25) is 5.41 Å². The predicted molar refractivity (Wildman–Crippen MR) is 144 cm³/mol. The van der Waals surface area contributed by atoms with Crippen LogP contribution in [0.15, 0.2) is 30.9 Å². The Labute approximate surface area is 219 Å². The summed E-state index contributed by atoms with van der Waals surface area (Å²) in [6.45, 7) is 19.3. The fourth-order valence-electron chi connectivity index (χ4n) is 4.56. The van der Waals surface area contributed by atoms with Crippen molar-refractivity contribution in [2.24, 2.45) is 5.41 Å². The standard InChI is InChI=1S/C28H43N5O4/c1-9-15-36-25(34)32(19(2)27(3,4)5)17-20-12-13-23-22(16-20)30-24(29)33(23)18-21-11-10-14-31(21)26(35)37-28(6,7)8/h9,12-13,16,19,21H,1,10-11,14-15,17-18H2,2-8H3,(H2,29,30)/t19-,21?/m0/s1. The molecule has 1 aromatic heterocycles. The van der Waals surface area contributed by atoms with E-state index in [0.29, 0.717) is 19.6 Å². The molecule has 1 aliphatic rings. The monoisotopic (exact) mass is 513 g/mol. The van der Waals surface area contributed by atoms with Gasteiger partial charge in [0.05, 0.1) is 17.1 Å². The van der Waals surface area contributed by atoms with Gasteiger partial charge in [-0.15, -0.1) is 0 Å². The van der Waals surface area contributed by atoms with Crippen LogP contribution in [0, 0.1) is 10.8 Å². The Morgan fingerprint density at radius 1 is 1.27 bits per heavy atom. The summed E-state index contributed by atoms with van der Waals surface area (Å²) in [5, 5.41) is 8.57. The number of aromatic amines is 1. The summed E-state index contributed by atoms with van der Waals surface area (Å²) in [5.41, 5.74) is 2.22. The minimum atomic E-state index is -0.550. The van der Waals surface area contributed by atoms with E-state index in [4.69, 9.17) is 14.9 Å². The molecule has 0 saturated carbocycles. The van der Waals surface area contributed by atoms with E-state index in [1.807, 2.05) is 50.5 Å². The normalized spacial score (nSPS) is 17.1. The van der Waals surface area contributed by atoms with Crippen molar-refractivity contribution in [2.75, 3.05) is 13.2 Å². The molecule has 2 atom stereocenters. The molecule has 2 amide bonds. The molecule has 37 heavy (non-hydrogen) atoms. The predicted octanol–water partition coefficient (Wildman–Crippen LogP) is 5.41. The molecule has 2 heterocycles. The number of carbonyl (C=O) groups is 2. The molecule has 0 aliphatic carbocycles. The second-order valence-electron chi connectivity index (χ2n) is 11.9. The highest BCUT2D eigenvalue weighted by molar-refractivity contribution is 5.76. The first-order valence-corrected chi connectivity index (χ1v) is 13.0. The number of nitrogens with zero attached hydrogens (tertiary/aromatic N) is 3. The van der Waals surface area contributed by atoms with E-state index in [2.05, 4.69) is 32.3 Å². The van der Waals surface area contributed by atoms with Crippen molar-refractivity contribution >= 4 is 23.2 Å². The van der Waals surface area contributed by atoms with Crippen LogP contribution < -0.4 is 5.62 Å². The Hall–Kier alpha value is -3.23. The summed E-state index contributed by atoms with van der Waals surface area (Å²) >= 11 is 0. The van der Waals surface area contributed by atoms with E-state index < -0.39 is 5.60 Å². The fraction of sp³-hybridized carbons (Fsp3) is 0.607. The molecule has 2 aromatic rings. The van der Waals surface area contributed by atoms with Gasteiger partial charge in [-0.05, 0) is 63.6 Å². The molecule has 3 rings (SSSR count). The van der Waals surface area contributed by atoms with Gasteiger partial charge in [-0.2, -0.15) is 0 Å². The van der Waals surface area contributed by atoms with Crippen LogP contribution in [0.5, 0.6) is 0 Å². The molecular weight excluding hydrogens is 470 g/mol. The third kappa shape index (κ3) is 6.96. The first-order valence-electron chi connectivity index (χ1n) is 13.0. The largest absolute Gasteiger partial charge is 0.445 e. The second-order valence-corrected chi connectivity index (χ2v) is 11.9. The van der Waals surface area contributed by atoms with Crippen molar-refractivity contribution in [3.63, 3.8) is 0 Å². The summed E-state index contributed by atoms with van der Waals surface area (Å²) in [6.07, 6.45) is 2.65. The second kappa shape index (κ2) is 11.0. The number of imidazole rings is 1. The van der Waals surface area contributed by atoms with Crippen LogP contribution in [0.1, 0.15) is 66.9 Å². The van der Waals surface area contributed by atoms with E-state index in [1.54, 1.807) is 15.9 Å². The number of carbonyl (C=O) groups excluding carboxylic acids is 2. The summed E-state index contributed by atoms with van der Waals surface area (Å²) < 4.78 is 12.9. The molecule has 1 aromatic carbocycles. The highest BCUT2D eigenvalue weighted by Crippen LogP contribution is 2.27. The van der Waals surface area contributed by atoms with Crippen molar-refractivity contribution in [3.8, 4) is 0 Å². The van der Waals surface area contributed by atoms with Crippen LogP contribution in [0.2, 0.25) is 0 Å². The van der Waals surface area contributed by atoms with Crippen LogP contribution >= 0.6 is 0 Å². The van der Waals surface area contributed by atoms with E-state index >= 15 is 0 Å². The molecule has 1 aliphatic heterocycles. The lowest BCUT2D eigenvalue weighted by Crippen LogP contribution is -2.45. The molecule has 0 bridgehead atoms. The first kappa shape index (κ1) is 28.3. The van der Waals surface area contributed by atoms with E-state index in [1.165, 1.54) is 0 Å². The van der Waals surface area contributed by atoms with Crippen LogP contribution in [-0.4, -0.2) is 62.4 Å². The lowest BCUT2D eigenvalue weighted by Gasteiger charge is -2.37. The maximum Gasteiger partial charge on any atom is 0.410 e. The van der Waals surface area contributed by atoms with Crippen LogP contribution in [0.3, 0.4) is 0 Å². The summed E-state index contributed by atoms with van der Waals surface area (Å²) in [4.78, 5) is 32.3. The van der Waals surface area contributed by atoms with Crippen molar-refractivity contribution in [3.05, 3.63) is 42.0 Å². The number of amides is 2. The zero-order chi connectivity index (χ0) is 27.5. The van der Waals surface area contributed by atoms with Crippen molar-refractivity contribution in [1.82, 2.24) is 19.4 Å². The molecule has 0 radical (unpaired) electrons. The quantitative estimate of drug-likeness (QED) is 0.483.